The van der Waals surface area contributed by atoms with Crippen molar-refractivity contribution in [1.82, 2.24) is 0 Å². The van der Waals surface area contributed by atoms with Gasteiger partial charge in [0.15, 0.2) is 0 Å². The lowest BCUT2D eigenvalue weighted by Gasteiger charge is -2.03. The third-order valence-corrected chi connectivity index (χ3v) is 1.55. The highest BCUT2D eigenvalue weighted by atomic mass is 16.6. The quantitative estimate of drug-likeness (QED) is 0.276. The largest absolute Gasteiger partial charge is 0.428 e. The Morgan fingerprint density at radius 2 is 2.50 bits per heavy atom. The molecule has 1 aliphatic heterocycles. The predicted octanol–water partition coefficient (Wildman–Crippen LogP) is 1.41. The summed E-state index contributed by atoms with van der Waals surface area (Å²) < 4.78 is 9.92. The molecule has 0 bridgehead atoms. The maximum absolute atomic E-state index is 10.8. The molecule has 1 atom stereocenters. The zero-order valence-electron chi connectivity index (χ0n) is 7.08. The van der Waals surface area contributed by atoms with Crippen molar-refractivity contribution in [3.05, 3.63) is 24.5 Å². The molecule has 3 heteroatoms. The molecule has 0 aromatic carbocycles. The Labute approximate surface area is 71.7 Å². The Morgan fingerprint density at radius 3 is 2.92 bits per heavy atom. The van der Waals surface area contributed by atoms with Crippen molar-refractivity contribution in [2.75, 3.05) is 6.61 Å². The third kappa shape index (κ3) is 2.88. The summed E-state index contributed by atoms with van der Waals surface area (Å²) >= 11 is 0. The van der Waals surface area contributed by atoms with E-state index >= 15 is 0 Å². The van der Waals surface area contributed by atoms with Gasteiger partial charge in [-0.2, -0.15) is 0 Å². The molecule has 0 spiro atoms. The first-order chi connectivity index (χ1) is 5.76. The fraction of sp³-hybridized carbons (Fsp3) is 0.444. The number of ether oxygens (including phenoxy) is 2. The Balaban J connectivity index is 2.34. The van der Waals surface area contributed by atoms with Gasteiger partial charge >= 0.3 is 5.97 Å². The smallest absolute Gasteiger partial charge is 0.335 e. The summed E-state index contributed by atoms with van der Waals surface area (Å²) in [4.78, 5) is 10.8. The lowest BCUT2D eigenvalue weighted by atomic mass is 10.3. The average Bonchev–Trinajstić information content (AvgIpc) is 2.86. The molecule has 0 aromatic rings. The summed E-state index contributed by atoms with van der Waals surface area (Å²) in [7, 11) is 0. The molecular formula is C9H12O3. The van der Waals surface area contributed by atoms with Gasteiger partial charge in [0, 0.05) is 12.5 Å². The van der Waals surface area contributed by atoms with Crippen LogP contribution in [0, 0.1) is 0 Å². The maximum atomic E-state index is 10.8. The average molecular weight is 168 g/mol. The molecule has 0 saturated carbocycles. The van der Waals surface area contributed by atoms with Crippen LogP contribution in [0.3, 0.4) is 0 Å². The van der Waals surface area contributed by atoms with E-state index in [0.717, 1.165) is 12.7 Å². The van der Waals surface area contributed by atoms with Gasteiger partial charge in [-0.1, -0.05) is 6.58 Å². The first-order valence-corrected chi connectivity index (χ1v) is 3.87. The monoisotopic (exact) mass is 168 g/mol. The molecule has 1 unspecified atom stereocenters. The highest BCUT2D eigenvalue weighted by Gasteiger charge is 2.24. The number of carbonyl (C=O) groups excluding carboxylic acids is 1. The van der Waals surface area contributed by atoms with Crippen LogP contribution in [0.15, 0.2) is 24.5 Å². The summed E-state index contributed by atoms with van der Waals surface area (Å²) in [6.45, 7) is 5.90. The fourth-order valence-electron chi connectivity index (χ4n) is 0.800. The molecule has 0 radical (unpaired) electrons. The second-order valence-electron chi connectivity index (χ2n) is 2.54. The highest BCUT2D eigenvalue weighted by molar-refractivity contribution is 5.82. The molecular weight excluding hydrogens is 156 g/mol. The molecule has 0 aromatic heterocycles. The normalized spacial score (nSPS) is 21.8. The lowest BCUT2D eigenvalue weighted by molar-refractivity contribution is -0.134. The highest BCUT2D eigenvalue weighted by Crippen LogP contribution is 2.19. The Morgan fingerprint density at radius 1 is 1.83 bits per heavy atom. The van der Waals surface area contributed by atoms with Gasteiger partial charge in [0.1, 0.15) is 5.76 Å². The van der Waals surface area contributed by atoms with Gasteiger partial charge in [-0.15, -0.1) is 0 Å². The molecule has 1 aliphatic rings. The number of hydrogen-bond acceptors (Lipinski definition) is 3. The van der Waals surface area contributed by atoms with Gasteiger partial charge in [0.2, 0.25) is 0 Å². The van der Waals surface area contributed by atoms with E-state index in [0.29, 0.717) is 12.2 Å². The predicted molar refractivity (Wildman–Crippen MR) is 44.4 cm³/mol. The number of rotatable bonds is 4. The molecule has 1 heterocycles. The molecule has 3 nitrogen and oxygen atoms in total. The number of epoxide rings is 1. The molecule has 1 rings (SSSR count). The van der Waals surface area contributed by atoms with Crippen LogP contribution in [0.4, 0.5) is 0 Å². The third-order valence-electron chi connectivity index (χ3n) is 1.55. The topological polar surface area (TPSA) is 38.8 Å². The summed E-state index contributed by atoms with van der Waals surface area (Å²) in [5, 5.41) is 0. The maximum Gasteiger partial charge on any atom is 0.335 e. The van der Waals surface area contributed by atoms with Crippen molar-refractivity contribution in [1.29, 1.82) is 0 Å². The van der Waals surface area contributed by atoms with Crippen molar-refractivity contribution in [3.63, 3.8) is 0 Å². The molecule has 12 heavy (non-hydrogen) atoms. The summed E-state index contributed by atoms with van der Waals surface area (Å²) in [6.07, 6.45) is 3.84. The van der Waals surface area contributed by atoms with Crippen LogP contribution >= 0.6 is 0 Å². The van der Waals surface area contributed by atoms with Crippen LogP contribution < -0.4 is 0 Å². The molecule has 1 saturated heterocycles. The van der Waals surface area contributed by atoms with E-state index in [9.17, 15) is 4.79 Å². The van der Waals surface area contributed by atoms with Crippen LogP contribution in [0.25, 0.3) is 0 Å². The van der Waals surface area contributed by atoms with Gasteiger partial charge in [0.25, 0.3) is 0 Å². The van der Waals surface area contributed by atoms with Gasteiger partial charge in [-0.25, -0.2) is 4.79 Å². The van der Waals surface area contributed by atoms with Crippen molar-refractivity contribution in [3.8, 4) is 0 Å². The van der Waals surface area contributed by atoms with Crippen molar-refractivity contribution in [2.24, 2.45) is 0 Å². The number of carbonyl (C=O) groups is 1. The SMILES string of the molecule is C=CC(=O)OC(=CC)CC1CO1. The first-order valence-electron chi connectivity index (χ1n) is 3.87. The number of allylic oxidation sites excluding steroid dienone is 1. The Hall–Kier alpha value is -1.09. The molecule has 1 fully saturated rings. The van der Waals surface area contributed by atoms with E-state index in [-0.39, 0.29) is 6.10 Å². The standard InChI is InChI=1S/C9H12O3/c1-3-7(5-8-6-11-8)12-9(10)4-2/h3-4,8H,2,5-6H2,1H3. The minimum Gasteiger partial charge on any atom is -0.428 e. The van der Waals surface area contributed by atoms with Crippen molar-refractivity contribution >= 4 is 5.97 Å². The van der Waals surface area contributed by atoms with Gasteiger partial charge in [0.05, 0.1) is 12.7 Å². The summed E-state index contributed by atoms with van der Waals surface area (Å²) in [5.74, 6) is 0.242. The van der Waals surface area contributed by atoms with Crippen LogP contribution in [-0.4, -0.2) is 18.7 Å². The zero-order valence-corrected chi connectivity index (χ0v) is 7.08. The van der Waals surface area contributed by atoms with Crippen molar-refractivity contribution < 1.29 is 14.3 Å². The van der Waals surface area contributed by atoms with E-state index in [1.807, 2.05) is 6.92 Å². The van der Waals surface area contributed by atoms with Crippen LogP contribution in [0.1, 0.15) is 13.3 Å². The van der Waals surface area contributed by atoms with Gasteiger partial charge in [-0.3, -0.25) is 0 Å². The summed E-state index contributed by atoms with van der Waals surface area (Å²) in [6, 6.07) is 0. The van der Waals surface area contributed by atoms with Crippen molar-refractivity contribution in [2.45, 2.75) is 19.4 Å². The molecule has 66 valence electrons. The van der Waals surface area contributed by atoms with E-state index in [2.05, 4.69) is 6.58 Å². The lowest BCUT2D eigenvalue weighted by Crippen LogP contribution is -2.02. The van der Waals surface area contributed by atoms with Gasteiger partial charge in [-0.05, 0) is 13.0 Å². The fourth-order valence-corrected chi connectivity index (χ4v) is 0.800. The minimum absolute atomic E-state index is 0.244. The first kappa shape index (κ1) is 9.00. The van der Waals surface area contributed by atoms with E-state index in [4.69, 9.17) is 9.47 Å². The Kier molecular flexibility index (Phi) is 3.05. The van der Waals surface area contributed by atoms with E-state index in [1.165, 1.54) is 0 Å². The Bertz CT molecular complexity index is 214. The van der Waals surface area contributed by atoms with Gasteiger partial charge < -0.3 is 9.47 Å². The van der Waals surface area contributed by atoms with Crippen LogP contribution in [0.2, 0.25) is 0 Å². The number of esters is 1. The molecule has 0 N–H and O–H groups in total. The second kappa shape index (κ2) is 4.07. The second-order valence-corrected chi connectivity index (χ2v) is 2.54. The van der Waals surface area contributed by atoms with E-state index in [1.54, 1.807) is 6.08 Å². The van der Waals surface area contributed by atoms with Crippen LogP contribution in [-0.2, 0) is 14.3 Å². The molecule has 0 amide bonds. The molecule has 0 aliphatic carbocycles. The van der Waals surface area contributed by atoms with E-state index < -0.39 is 5.97 Å². The minimum atomic E-state index is -0.413. The van der Waals surface area contributed by atoms with Crippen LogP contribution in [0.5, 0.6) is 0 Å². The number of hydrogen-bond donors (Lipinski definition) is 0. The zero-order chi connectivity index (χ0) is 8.97. The summed E-state index contributed by atoms with van der Waals surface area (Å²) in [5.41, 5.74) is 0.